The summed E-state index contributed by atoms with van der Waals surface area (Å²) in [5.74, 6) is 0.257. The number of carbonyl (C=O) groups is 1. The second-order valence-electron chi connectivity index (χ2n) is 6.19. The number of aromatic nitrogens is 2. The first-order valence-corrected chi connectivity index (χ1v) is 6.42. The number of H-pyrrole nitrogens is 1. The second-order valence-corrected chi connectivity index (χ2v) is 6.19. The van der Waals surface area contributed by atoms with E-state index >= 15 is 0 Å². The van der Waals surface area contributed by atoms with Crippen molar-refractivity contribution >= 4 is 5.91 Å². The van der Waals surface area contributed by atoms with Crippen LogP contribution in [0.2, 0.25) is 0 Å². The molecule has 1 aromatic heterocycles. The fourth-order valence-electron chi connectivity index (χ4n) is 2.27. The SMILES string of the molecule is CC(C)(C)CN1CC(NCc2cnc[nH]2)CC1=O. The van der Waals surface area contributed by atoms with Gasteiger partial charge in [0.2, 0.25) is 5.91 Å². The van der Waals surface area contributed by atoms with Gasteiger partial charge in [0.15, 0.2) is 0 Å². The monoisotopic (exact) mass is 250 g/mol. The van der Waals surface area contributed by atoms with Gasteiger partial charge in [-0.25, -0.2) is 4.98 Å². The van der Waals surface area contributed by atoms with Gasteiger partial charge in [-0.05, 0) is 5.41 Å². The molecule has 18 heavy (non-hydrogen) atoms. The number of hydrogen-bond donors (Lipinski definition) is 2. The summed E-state index contributed by atoms with van der Waals surface area (Å²) in [5, 5.41) is 3.40. The molecule has 5 nitrogen and oxygen atoms in total. The standard InChI is InChI=1S/C13H22N4O/c1-13(2,3)8-17-7-10(4-12(17)18)15-6-11-5-14-9-16-11/h5,9-10,15H,4,6-8H2,1-3H3,(H,14,16). The molecule has 1 amide bonds. The first kappa shape index (κ1) is 13.1. The minimum absolute atomic E-state index is 0.161. The first-order valence-electron chi connectivity index (χ1n) is 6.42. The molecule has 1 aliphatic heterocycles. The van der Waals surface area contributed by atoms with Crippen LogP contribution in [-0.4, -0.2) is 39.9 Å². The number of rotatable bonds is 4. The van der Waals surface area contributed by atoms with Gasteiger partial charge in [0.05, 0.1) is 6.33 Å². The minimum Gasteiger partial charge on any atom is -0.347 e. The van der Waals surface area contributed by atoms with Crippen molar-refractivity contribution in [1.29, 1.82) is 0 Å². The van der Waals surface area contributed by atoms with Crippen LogP contribution >= 0.6 is 0 Å². The largest absolute Gasteiger partial charge is 0.347 e. The Morgan fingerprint density at radius 2 is 2.33 bits per heavy atom. The highest BCUT2D eigenvalue weighted by atomic mass is 16.2. The molecule has 0 aliphatic carbocycles. The van der Waals surface area contributed by atoms with Crippen LogP contribution in [-0.2, 0) is 11.3 Å². The molecule has 5 heteroatoms. The average Bonchev–Trinajstić information content (AvgIpc) is 2.84. The van der Waals surface area contributed by atoms with E-state index < -0.39 is 0 Å². The van der Waals surface area contributed by atoms with Crippen LogP contribution in [0.25, 0.3) is 0 Å². The van der Waals surface area contributed by atoms with E-state index in [1.165, 1.54) is 0 Å². The van der Waals surface area contributed by atoms with Crippen LogP contribution in [0.4, 0.5) is 0 Å². The van der Waals surface area contributed by atoms with E-state index in [2.05, 4.69) is 36.1 Å². The smallest absolute Gasteiger partial charge is 0.224 e. The molecule has 1 aromatic rings. The molecule has 0 aromatic carbocycles. The van der Waals surface area contributed by atoms with Gasteiger partial charge in [0.1, 0.15) is 0 Å². The molecular formula is C13H22N4O. The van der Waals surface area contributed by atoms with E-state index in [1.807, 2.05) is 4.90 Å². The van der Waals surface area contributed by atoms with Crippen molar-refractivity contribution in [1.82, 2.24) is 20.2 Å². The number of hydrogen-bond acceptors (Lipinski definition) is 3. The first-order chi connectivity index (χ1) is 8.44. The van der Waals surface area contributed by atoms with E-state index in [0.29, 0.717) is 6.42 Å². The Labute approximate surface area is 108 Å². The summed E-state index contributed by atoms with van der Waals surface area (Å²) in [5.41, 5.74) is 1.21. The lowest BCUT2D eigenvalue weighted by molar-refractivity contribution is -0.128. The zero-order valence-corrected chi connectivity index (χ0v) is 11.4. The Kier molecular flexibility index (Phi) is 3.71. The highest BCUT2D eigenvalue weighted by molar-refractivity contribution is 5.79. The summed E-state index contributed by atoms with van der Waals surface area (Å²) >= 11 is 0. The van der Waals surface area contributed by atoms with Crippen LogP contribution in [0.15, 0.2) is 12.5 Å². The van der Waals surface area contributed by atoms with Gasteiger partial charge in [-0.2, -0.15) is 0 Å². The highest BCUT2D eigenvalue weighted by Crippen LogP contribution is 2.20. The van der Waals surface area contributed by atoms with Gasteiger partial charge in [-0.15, -0.1) is 0 Å². The number of imidazole rings is 1. The molecule has 100 valence electrons. The molecule has 1 saturated heterocycles. The summed E-state index contributed by atoms with van der Waals surface area (Å²) in [4.78, 5) is 20.9. The van der Waals surface area contributed by atoms with Crippen molar-refractivity contribution in [2.45, 2.75) is 39.8 Å². The van der Waals surface area contributed by atoms with E-state index in [9.17, 15) is 4.79 Å². The molecule has 0 radical (unpaired) electrons. The summed E-state index contributed by atoms with van der Waals surface area (Å²) in [6, 6.07) is 0.253. The maximum absolute atomic E-state index is 11.9. The Morgan fingerprint density at radius 3 is 2.94 bits per heavy atom. The van der Waals surface area contributed by atoms with Crippen molar-refractivity contribution in [2.24, 2.45) is 5.41 Å². The molecule has 0 bridgehead atoms. The number of likely N-dealkylation sites (tertiary alicyclic amines) is 1. The zero-order chi connectivity index (χ0) is 13.2. The molecule has 0 spiro atoms. The Morgan fingerprint density at radius 1 is 1.56 bits per heavy atom. The van der Waals surface area contributed by atoms with Crippen LogP contribution in [0.3, 0.4) is 0 Å². The molecule has 2 heterocycles. The fourth-order valence-corrected chi connectivity index (χ4v) is 2.27. The summed E-state index contributed by atoms with van der Waals surface area (Å²) < 4.78 is 0. The summed E-state index contributed by atoms with van der Waals surface area (Å²) in [6.45, 7) is 8.85. The van der Waals surface area contributed by atoms with Gasteiger partial charge >= 0.3 is 0 Å². The third-order valence-electron chi connectivity index (χ3n) is 3.02. The van der Waals surface area contributed by atoms with Gasteiger partial charge < -0.3 is 15.2 Å². The van der Waals surface area contributed by atoms with E-state index in [-0.39, 0.29) is 17.4 Å². The fraction of sp³-hybridized carbons (Fsp3) is 0.692. The minimum atomic E-state index is 0.161. The van der Waals surface area contributed by atoms with Crippen LogP contribution in [0.1, 0.15) is 32.9 Å². The quantitative estimate of drug-likeness (QED) is 0.842. The van der Waals surface area contributed by atoms with Crippen LogP contribution < -0.4 is 5.32 Å². The molecule has 1 unspecified atom stereocenters. The predicted octanol–water partition coefficient (Wildman–Crippen LogP) is 1.15. The van der Waals surface area contributed by atoms with Gasteiger partial charge in [0.25, 0.3) is 0 Å². The van der Waals surface area contributed by atoms with Crippen molar-refractivity contribution in [3.8, 4) is 0 Å². The van der Waals surface area contributed by atoms with Gasteiger partial charge in [-0.3, -0.25) is 4.79 Å². The topological polar surface area (TPSA) is 61.0 Å². The molecule has 1 atom stereocenters. The third kappa shape index (κ3) is 3.57. The molecular weight excluding hydrogens is 228 g/mol. The van der Waals surface area contributed by atoms with Crippen molar-refractivity contribution in [2.75, 3.05) is 13.1 Å². The van der Waals surface area contributed by atoms with Crippen molar-refractivity contribution in [3.63, 3.8) is 0 Å². The highest BCUT2D eigenvalue weighted by Gasteiger charge is 2.31. The molecule has 2 N–H and O–H groups in total. The maximum Gasteiger partial charge on any atom is 0.224 e. The van der Waals surface area contributed by atoms with E-state index in [4.69, 9.17) is 0 Å². The summed E-state index contributed by atoms with van der Waals surface area (Å²) in [6.07, 6.45) is 4.07. The van der Waals surface area contributed by atoms with Gasteiger partial charge in [0, 0.05) is 44.0 Å². The van der Waals surface area contributed by atoms with E-state index in [0.717, 1.165) is 25.3 Å². The molecule has 1 aliphatic rings. The molecule has 0 saturated carbocycles. The number of carbonyl (C=O) groups excluding carboxylic acids is 1. The second kappa shape index (κ2) is 5.10. The average molecular weight is 250 g/mol. The Bertz CT molecular complexity index is 394. The Hall–Kier alpha value is -1.36. The third-order valence-corrected chi connectivity index (χ3v) is 3.02. The number of amides is 1. The van der Waals surface area contributed by atoms with Crippen molar-refractivity contribution in [3.05, 3.63) is 18.2 Å². The van der Waals surface area contributed by atoms with Crippen LogP contribution in [0, 0.1) is 5.41 Å². The van der Waals surface area contributed by atoms with Crippen molar-refractivity contribution < 1.29 is 4.79 Å². The predicted molar refractivity (Wildman–Crippen MR) is 69.9 cm³/mol. The lowest BCUT2D eigenvalue weighted by atomic mass is 9.96. The lowest BCUT2D eigenvalue weighted by Gasteiger charge is -2.26. The normalized spacial score (nSPS) is 20.7. The molecule has 2 rings (SSSR count). The zero-order valence-electron chi connectivity index (χ0n) is 11.4. The number of nitrogens with zero attached hydrogens (tertiary/aromatic N) is 2. The Balaban J connectivity index is 1.81. The van der Waals surface area contributed by atoms with E-state index in [1.54, 1.807) is 12.5 Å². The summed E-state index contributed by atoms with van der Waals surface area (Å²) in [7, 11) is 0. The van der Waals surface area contributed by atoms with Crippen LogP contribution in [0.5, 0.6) is 0 Å². The maximum atomic E-state index is 11.9. The lowest BCUT2D eigenvalue weighted by Crippen LogP contribution is -2.36. The molecule has 1 fully saturated rings. The van der Waals surface area contributed by atoms with Gasteiger partial charge in [-0.1, -0.05) is 20.8 Å². The number of aromatic amines is 1. The number of nitrogens with one attached hydrogen (secondary N) is 2.